The molecule has 0 amide bonds. The fourth-order valence-corrected chi connectivity index (χ4v) is 2.90. The van der Waals surface area contributed by atoms with Crippen LogP contribution in [0.3, 0.4) is 0 Å². The standard InChI is InChI=1S/C16H26N4O.HI/c1-17-16(18-2)19-12-14(20-10-6-7-11-20)13-8-4-5-9-15(13)21-3;/h4-5,8-9,14H,6-7,10-12H2,1-3H3,(H2,17,18,19);1H. The molecule has 0 aromatic heterocycles. The highest BCUT2D eigenvalue weighted by Crippen LogP contribution is 2.31. The van der Waals surface area contributed by atoms with Crippen molar-refractivity contribution in [2.45, 2.75) is 18.9 Å². The maximum Gasteiger partial charge on any atom is 0.190 e. The van der Waals surface area contributed by atoms with E-state index in [2.05, 4.69) is 32.7 Å². The van der Waals surface area contributed by atoms with E-state index in [0.717, 1.165) is 31.3 Å². The number of para-hydroxylation sites is 1. The normalized spacial score (nSPS) is 16.8. The molecule has 1 fully saturated rings. The highest BCUT2D eigenvalue weighted by atomic mass is 127. The van der Waals surface area contributed by atoms with Crippen molar-refractivity contribution in [2.75, 3.05) is 40.8 Å². The maximum absolute atomic E-state index is 5.55. The summed E-state index contributed by atoms with van der Waals surface area (Å²) in [4.78, 5) is 6.71. The Hall–Kier alpha value is -1.02. The van der Waals surface area contributed by atoms with E-state index in [1.807, 2.05) is 19.2 Å². The van der Waals surface area contributed by atoms with Crippen LogP contribution in [0.25, 0.3) is 0 Å². The van der Waals surface area contributed by atoms with Crippen LogP contribution >= 0.6 is 24.0 Å². The summed E-state index contributed by atoms with van der Waals surface area (Å²) < 4.78 is 5.55. The van der Waals surface area contributed by atoms with E-state index in [0.29, 0.717) is 6.04 Å². The number of nitrogens with one attached hydrogen (secondary N) is 2. The highest BCUT2D eigenvalue weighted by Gasteiger charge is 2.25. The second kappa shape index (κ2) is 9.89. The molecular weight excluding hydrogens is 391 g/mol. The van der Waals surface area contributed by atoms with Crippen molar-refractivity contribution in [2.24, 2.45) is 4.99 Å². The Bertz CT molecular complexity index is 475. The third kappa shape index (κ3) is 4.74. The minimum Gasteiger partial charge on any atom is -0.496 e. The Labute approximate surface area is 150 Å². The van der Waals surface area contributed by atoms with Gasteiger partial charge in [-0.25, -0.2) is 0 Å². The predicted octanol–water partition coefficient (Wildman–Crippen LogP) is 2.24. The van der Waals surface area contributed by atoms with Gasteiger partial charge >= 0.3 is 0 Å². The molecule has 5 nitrogen and oxygen atoms in total. The number of rotatable bonds is 5. The summed E-state index contributed by atoms with van der Waals surface area (Å²) in [5.41, 5.74) is 1.24. The van der Waals surface area contributed by atoms with Gasteiger partial charge in [0.2, 0.25) is 0 Å². The van der Waals surface area contributed by atoms with Gasteiger partial charge in [-0.1, -0.05) is 18.2 Å². The fraction of sp³-hybridized carbons (Fsp3) is 0.562. The number of halogens is 1. The minimum atomic E-state index is 0. The first-order valence-electron chi connectivity index (χ1n) is 7.55. The summed E-state index contributed by atoms with van der Waals surface area (Å²) in [6.07, 6.45) is 2.54. The zero-order chi connectivity index (χ0) is 15.1. The Morgan fingerprint density at radius 3 is 2.59 bits per heavy atom. The quantitative estimate of drug-likeness (QED) is 0.438. The zero-order valence-corrected chi connectivity index (χ0v) is 16.0. The summed E-state index contributed by atoms with van der Waals surface area (Å²) in [6, 6.07) is 8.59. The molecule has 2 rings (SSSR count). The number of aliphatic imine (C=N–C) groups is 1. The smallest absolute Gasteiger partial charge is 0.190 e. The Morgan fingerprint density at radius 2 is 2.00 bits per heavy atom. The van der Waals surface area contributed by atoms with Crippen molar-refractivity contribution in [1.82, 2.24) is 15.5 Å². The molecule has 1 aromatic rings. The average Bonchev–Trinajstić information content (AvgIpc) is 3.06. The van der Waals surface area contributed by atoms with E-state index in [1.54, 1.807) is 14.2 Å². The van der Waals surface area contributed by atoms with Gasteiger partial charge in [-0.3, -0.25) is 9.89 Å². The summed E-state index contributed by atoms with van der Waals surface area (Å²) in [5, 5.41) is 6.45. The van der Waals surface area contributed by atoms with Crippen molar-refractivity contribution in [3.05, 3.63) is 29.8 Å². The molecule has 0 spiro atoms. The molecule has 1 heterocycles. The average molecular weight is 418 g/mol. The van der Waals surface area contributed by atoms with Crippen LogP contribution in [0, 0.1) is 0 Å². The van der Waals surface area contributed by atoms with E-state index in [4.69, 9.17) is 4.74 Å². The van der Waals surface area contributed by atoms with Crippen molar-refractivity contribution < 1.29 is 4.74 Å². The van der Waals surface area contributed by atoms with Gasteiger partial charge in [-0.2, -0.15) is 0 Å². The lowest BCUT2D eigenvalue weighted by atomic mass is 10.0. The number of hydrogen-bond donors (Lipinski definition) is 2. The number of benzene rings is 1. The monoisotopic (exact) mass is 418 g/mol. The summed E-state index contributed by atoms with van der Waals surface area (Å²) in [6.45, 7) is 3.10. The van der Waals surface area contributed by atoms with Gasteiger partial charge in [0.15, 0.2) is 5.96 Å². The number of nitrogens with zero attached hydrogens (tertiary/aromatic N) is 2. The molecule has 1 unspecified atom stereocenters. The van der Waals surface area contributed by atoms with Crippen LogP contribution in [-0.2, 0) is 0 Å². The van der Waals surface area contributed by atoms with Crippen molar-refractivity contribution in [3.8, 4) is 5.75 Å². The number of methoxy groups -OCH3 is 1. The molecular formula is C16H27IN4O. The van der Waals surface area contributed by atoms with Crippen LogP contribution in [-0.4, -0.2) is 51.7 Å². The molecule has 1 aliphatic rings. The lowest BCUT2D eigenvalue weighted by Gasteiger charge is -2.29. The molecule has 6 heteroatoms. The number of guanidine groups is 1. The minimum absolute atomic E-state index is 0. The SMILES string of the molecule is CN=C(NC)NCC(c1ccccc1OC)N1CCCC1.I. The van der Waals surface area contributed by atoms with Crippen molar-refractivity contribution in [3.63, 3.8) is 0 Å². The molecule has 0 saturated carbocycles. The van der Waals surface area contributed by atoms with Gasteiger partial charge in [0.25, 0.3) is 0 Å². The van der Waals surface area contributed by atoms with Gasteiger partial charge in [0.1, 0.15) is 5.75 Å². The summed E-state index contributed by atoms with van der Waals surface area (Å²) in [5.74, 6) is 1.77. The van der Waals surface area contributed by atoms with Gasteiger partial charge in [0.05, 0.1) is 13.2 Å². The molecule has 124 valence electrons. The number of hydrogen-bond acceptors (Lipinski definition) is 3. The van der Waals surface area contributed by atoms with Crippen LogP contribution in [0.2, 0.25) is 0 Å². The molecule has 1 aliphatic heterocycles. The topological polar surface area (TPSA) is 48.9 Å². The third-order valence-corrected chi connectivity index (χ3v) is 4.00. The molecule has 1 aromatic carbocycles. The van der Waals surface area contributed by atoms with E-state index < -0.39 is 0 Å². The molecule has 1 atom stereocenters. The second-order valence-corrected chi connectivity index (χ2v) is 5.20. The third-order valence-electron chi connectivity index (χ3n) is 4.00. The lowest BCUT2D eigenvalue weighted by molar-refractivity contribution is 0.239. The molecule has 0 bridgehead atoms. The Balaban J connectivity index is 0.00000242. The van der Waals surface area contributed by atoms with E-state index in [1.165, 1.54) is 18.4 Å². The van der Waals surface area contributed by atoms with Gasteiger partial charge in [-0.05, 0) is 32.0 Å². The lowest BCUT2D eigenvalue weighted by Crippen LogP contribution is -2.41. The first-order chi connectivity index (χ1) is 10.3. The number of ether oxygens (including phenoxy) is 1. The first kappa shape index (κ1) is 19.0. The molecule has 2 N–H and O–H groups in total. The van der Waals surface area contributed by atoms with Gasteiger partial charge < -0.3 is 15.4 Å². The Kier molecular flexibility index (Phi) is 8.55. The van der Waals surface area contributed by atoms with Crippen LogP contribution in [0.4, 0.5) is 0 Å². The zero-order valence-electron chi connectivity index (χ0n) is 13.6. The largest absolute Gasteiger partial charge is 0.496 e. The second-order valence-electron chi connectivity index (χ2n) is 5.20. The maximum atomic E-state index is 5.55. The van der Waals surface area contributed by atoms with Crippen LogP contribution in [0.1, 0.15) is 24.4 Å². The number of likely N-dealkylation sites (tertiary alicyclic amines) is 1. The van der Waals surface area contributed by atoms with Crippen LogP contribution in [0.15, 0.2) is 29.3 Å². The highest BCUT2D eigenvalue weighted by molar-refractivity contribution is 14.0. The van der Waals surface area contributed by atoms with Gasteiger partial charge in [-0.15, -0.1) is 24.0 Å². The molecule has 0 aliphatic carbocycles. The first-order valence-corrected chi connectivity index (χ1v) is 7.55. The van der Waals surface area contributed by atoms with Crippen LogP contribution in [0.5, 0.6) is 5.75 Å². The van der Waals surface area contributed by atoms with Gasteiger partial charge in [0, 0.05) is 26.2 Å². The van der Waals surface area contributed by atoms with Crippen molar-refractivity contribution >= 4 is 29.9 Å². The molecule has 22 heavy (non-hydrogen) atoms. The predicted molar refractivity (Wildman–Crippen MR) is 102 cm³/mol. The van der Waals surface area contributed by atoms with E-state index in [-0.39, 0.29) is 24.0 Å². The van der Waals surface area contributed by atoms with E-state index >= 15 is 0 Å². The molecule has 1 saturated heterocycles. The van der Waals surface area contributed by atoms with Crippen molar-refractivity contribution in [1.29, 1.82) is 0 Å². The fourth-order valence-electron chi connectivity index (χ4n) is 2.90. The summed E-state index contributed by atoms with van der Waals surface area (Å²) >= 11 is 0. The van der Waals surface area contributed by atoms with Crippen LogP contribution < -0.4 is 15.4 Å². The summed E-state index contributed by atoms with van der Waals surface area (Å²) in [7, 11) is 5.40. The Morgan fingerprint density at radius 1 is 1.32 bits per heavy atom. The van der Waals surface area contributed by atoms with E-state index in [9.17, 15) is 0 Å². The molecule has 0 radical (unpaired) electrons.